The van der Waals surface area contributed by atoms with Gasteiger partial charge in [-0.1, -0.05) is 30.3 Å². The first kappa shape index (κ1) is 21.4. The Labute approximate surface area is 174 Å². The van der Waals surface area contributed by atoms with E-state index in [4.69, 9.17) is 14.2 Å². The van der Waals surface area contributed by atoms with Gasteiger partial charge in [0.15, 0.2) is 0 Å². The summed E-state index contributed by atoms with van der Waals surface area (Å²) >= 11 is 0. The smallest absolute Gasteiger partial charge is 0.419 e. The Morgan fingerprint density at radius 1 is 0.967 bits per heavy atom. The zero-order chi connectivity index (χ0) is 22.1. The third kappa shape index (κ3) is 3.76. The van der Waals surface area contributed by atoms with Gasteiger partial charge in [0.25, 0.3) is 0 Å². The number of para-hydroxylation sites is 1. The van der Waals surface area contributed by atoms with Crippen molar-refractivity contribution in [3.63, 3.8) is 0 Å². The first-order chi connectivity index (χ1) is 14.1. The molecular weight excluding hydrogens is 386 g/mol. The van der Waals surface area contributed by atoms with E-state index in [1.165, 1.54) is 25.0 Å². The van der Waals surface area contributed by atoms with Crippen molar-refractivity contribution in [2.24, 2.45) is 0 Å². The standard InChI is InChI=1S/C23H25NO6/c1-22(2,3)30-21(26)24-14-18(17-8-6-7-9-19(17)24)23(27,20(25)29-5)15-10-12-16(28-4)13-11-15/h6-14,27H,1-5H3/t23-/m1/s1. The van der Waals surface area contributed by atoms with E-state index in [1.54, 1.807) is 69.3 Å². The maximum absolute atomic E-state index is 12.8. The van der Waals surface area contributed by atoms with Crippen LogP contribution in [0.5, 0.6) is 5.75 Å². The number of carbonyl (C=O) groups is 2. The van der Waals surface area contributed by atoms with Crippen LogP contribution in [0.3, 0.4) is 0 Å². The molecule has 0 bridgehead atoms. The average molecular weight is 411 g/mol. The lowest BCUT2D eigenvalue weighted by Gasteiger charge is -2.26. The summed E-state index contributed by atoms with van der Waals surface area (Å²) in [5.74, 6) is -0.304. The van der Waals surface area contributed by atoms with Crippen molar-refractivity contribution in [1.29, 1.82) is 0 Å². The van der Waals surface area contributed by atoms with E-state index in [2.05, 4.69) is 0 Å². The van der Waals surface area contributed by atoms with Crippen molar-refractivity contribution in [3.05, 3.63) is 65.9 Å². The van der Waals surface area contributed by atoms with Crippen molar-refractivity contribution in [2.75, 3.05) is 14.2 Å². The van der Waals surface area contributed by atoms with E-state index in [9.17, 15) is 14.7 Å². The minimum atomic E-state index is -2.14. The third-order valence-electron chi connectivity index (χ3n) is 4.68. The van der Waals surface area contributed by atoms with E-state index >= 15 is 0 Å². The van der Waals surface area contributed by atoms with Gasteiger partial charge in [-0.05, 0) is 44.5 Å². The Morgan fingerprint density at radius 3 is 2.17 bits per heavy atom. The van der Waals surface area contributed by atoms with Gasteiger partial charge in [-0.25, -0.2) is 9.59 Å². The number of benzene rings is 2. The Balaban J connectivity index is 2.25. The van der Waals surface area contributed by atoms with Gasteiger partial charge in [-0.15, -0.1) is 0 Å². The summed E-state index contributed by atoms with van der Waals surface area (Å²) in [5, 5.41) is 12.2. The highest BCUT2D eigenvalue weighted by molar-refractivity contribution is 5.98. The Kier molecular flexibility index (Phi) is 5.59. The molecule has 0 aliphatic carbocycles. The van der Waals surface area contributed by atoms with Crippen LogP contribution in [0.15, 0.2) is 54.7 Å². The molecule has 0 aliphatic rings. The fourth-order valence-corrected chi connectivity index (χ4v) is 3.29. The molecule has 0 radical (unpaired) electrons. The second-order valence-corrected chi connectivity index (χ2v) is 7.84. The van der Waals surface area contributed by atoms with Crippen LogP contribution in [-0.4, -0.2) is 41.6 Å². The lowest BCUT2D eigenvalue weighted by molar-refractivity contribution is -0.158. The van der Waals surface area contributed by atoms with Gasteiger partial charge in [-0.2, -0.15) is 0 Å². The van der Waals surface area contributed by atoms with Crippen LogP contribution in [0.4, 0.5) is 4.79 Å². The number of rotatable bonds is 4. The van der Waals surface area contributed by atoms with Crippen LogP contribution in [0.2, 0.25) is 0 Å². The normalized spacial score (nSPS) is 13.5. The fourth-order valence-electron chi connectivity index (χ4n) is 3.29. The van der Waals surface area contributed by atoms with Crippen molar-refractivity contribution in [1.82, 2.24) is 4.57 Å². The summed E-state index contributed by atoms with van der Waals surface area (Å²) in [6.07, 6.45) is 0.798. The van der Waals surface area contributed by atoms with E-state index < -0.39 is 23.3 Å². The summed E-state index contributed by atoms with van der Waals surface area (Å²) in [5.41, 5.74) is -1.87. The SMILES string of the molecule is COC(=O)[C@@](O)(c1ccc(OC)cc1)c1cn(C(=O)OC(C)(C)C)c2ccccc12. The molecule has 1 heterocycles. The van der Waals surface area contributed by atoms with Crippen LogP contribution < -0.4 is 4.74 Å². The van der Waals surface area contributed by atoms with Gasteiger partial charge < -0.3 is 19.3 Å². The van der Waals surface area contributed by atoms with Crippen molar-refractivity contribution < 1.29 is 28.9 Å². The molecule has 0 aliphatic heterocycles. The maximum atomic E-state index is 12.8. The summed E-state index contributed by atoms with van der Waals surface area (Å²) in [6.45, 7) is 5.29. The molecule has 2 aromatic carbocycles. The molecule has 7 nitrogen and oxygen atoms in total. The van der Waals surface area contributed by atoms with Gasteiger partial charge in [0.1, 0.15) is 11.4 Å². The lowest BCUT2D eigenvalue weighted by atomic mass is 9.86. The number of fused-ring (bicyclic) bond motifs is 1. The summed E-state index contributed by atoms with van der Waals surface area (Å²) in [4.78, 5) is 25.6. The topological polar surface area (TPSA) is 87.0 Å². The molecular formula is C23H25NO6. The molecule has 0 spiro atoms. The number of aromatic nitrogens is 1. The molecule has 3 rings (SSSR count). The maximum Gasteiger partial charge on any atom is 0.419 e. The molecule has 1 N–H and O–H groups in total. The Hall–Kier alpha value is -3.32. The van der Waals surface area contributed by atoms with Crippen LogP contribution in [-0.2, 0) is 19.9 Å². The predicted octanol–water partition coefficient (Wildman–Crippen LogP) is 3.84. The fraction of sp³-hybridized carbons (Fsp3) is 0.304. The number of nitrogens with zero attached hydrogens (tertiary/aromatic N) is 1. The second-order valence-electron chi connectivity index (χ2n) is 7.84. The number of esters is 1. The van der Waals surface area contributed by atoms with E-state index in [0.29, 0.717) is 16.7 Å². The van der Waals surface area contributed by atoms with Gasteiger partial charge in [0.05, 0.1) is 19.7 Å². The minimum absolute atomic E-state index is 0.209. The summed E-state index contributed by atoms with van der Waals surface area (Å²) in [6, 6.07) is 13.4. The predicted molar refractivity (Wildman–Crippen MR) is 112 cm³/mol. The van der Waals surface area contributed by atoms with Crippen LogP contribution in [0.25, 0.3) is 10.9 Å². The molecule has 1 atom stereocenters. The first-order valence-electron chi connectivity index (χ1n) is 9.41. The lowest BCUT2D eigenvalue weighted by Crippen LogP contribution is -2.38. The molecule has 0 saturated heterocycles. The summed E-state index contributed by atoms with van der Waals surface area (Å²) in [7, 11) is 2.72. The molecule has 0 saturated carbocycles. The number of aliphatic hydroxyl groups is 1. The number of hydrogen-bond acceptors (Lipinski definition) is 6. The zero-order valence-electron chi connectivity index (χ0n) is 17.6. The average Bonchev–Trinajstić information content (AvgIpc) is 3.12. The van der Waals surface area contributed by atoms with Gasteiger partial charge in [0.2, 0.25) is 5.60 Å². The molecule has 3 aromatic rings. The summed E-state index contributed by atoms with van der Waals surface area (Å²) < 4.78 is 16.9. The Bertz CT molecular complexity index is 1080. The Morgan fingerprint density at radius 2 is 1.60 bits per heavy atom. The number of methoxy groups -OCH3 is 2. The van der Waals surface area contributed by atoms with Crippen LogP contribution in [0, 0.1) is 0 Å². The molecule has 0 amide bonds. The molecule has 30 heavy (non-hydrogen) atoms. The second kappa shape index (κ2) is 7.84. The van der Waals surface area contributed by atoms with Crippen LogP contribution >= 0.6 is 0 Å². The third-order valence-corrected chi connectivity index (χ3v) is 4.68. The van der Waals surface area contributed by atoms with Crippen molar-refractivity contribution in [3.8, 4) is 5.75 Å². The van der Waals surface area contributed by atoms with E-state index in [0.717, 1.165) is 0 Å². The quantitative estimate of drug-likeness (QED) is 0.657. The highest BCUT2D eigenvalue weighted by Crippen LogP contribution is 2.37. The largest absolute Gasteiger partial charge is 0.497 e. The molecule has 1 aromatic heterocycles. The molecule has 0 fully saturated rings. The zero-order valence-corrected chi connectivity index (χ0v) is 17.6. The van der Waals surface area contributed by atoms with E-state index in [1.807, 2.05) is 0 Å². The monoisotopic (exact) mass is 411 g/mol. The number of carbonyl (C=O) groups excluding carboxylic acids is 2. The number of hydrogen-bond donors (Lipinski definition) is 1. The molecule has 158 valence electrons. The highest BCUT2D eigenvalue weighted by atomic mass is 16.6. The van der Waals surface area contributed by atoms with Crippen molar-refractivity contribution in [2.45, 2.75) is 32.0 Å². The molecule has 0 unspecified atom stereocenters. The highest BCUT2D eigenvalue weighted by Gasteiger charge is 2.44. The molecule has 7 heteroatoms. The van der Waals surface area contributed by atoms with E-state index in [-0.39, 0.29) is 11.1 Å². The van der Waals surface area contributed by atoms with Crippen LogP contribution in [0.1, 0.15) is 31.9 Å². The van der Waals surface area contributed by atoms with Gasteiger partial charge in [-0.3, -0.25) is 4.57 Å². The minimum Gasteiger partial charge on any atom is -0.497 e. The van der Waals surface area contributed by atoms with Crippen molar-refractivity contribution >= 4 is 23.0 Å². The first-order valence-corrected chi connectivity index (χ1v) is 9.41. The van der Waals surface area contributed by atoms with Gasteiger partial charge in [0, 0.05) is 17.1 Å². The van der Waals surface area contributed by atoms with Gasteiger partial charge >= 0.3 is 12.1 Å². The number of ether oxygens (including phenoxy) is 3.